The molecule has 0 amide bonds. The van der Waals surface area contributed by atoms with Crippen LogP contribution in [0.3, 0.4) is 0 Å². The number of rotatable bonds is 12. The van der Waals surface area contributed by atoms with Gasteiger partial charge in [0.05, 0.1) is 17.1 Å². The van der Waals surface area contributed by atoms with Crippen molar-refractivity contribution < 1.29 is 0 Å². The Morgan fingerprint density at radius 3 is 0.672 bits per heavy atom. The highest BCUT2D eigenvalue weighted by atomic mass is 15.0. The van der Waals surface area contributed by atoms with Gasteiger partial charge in [-0.2, -0.15) is 5.26 Å². The van der Waals surface area contributed by atoms with Gasteiger partial charge in [-0.25, -0.2) is 21.5 Å². The summed E-state index contributed by atoms with van der Waals surface area (Å²) in [4.78, 5) is 21.2. The van der Waals surface area contributed by atoms with E-state index in [0.717, 1.165) is 27.8 Å². The van der Waals surface area contributed by atoms with Crippen molar-refractivity contribution in [3.05, 3.63) is 567 Å². The number of fused-ring (bicyclic) bond motifs is 2. The summed E-state index contributed by atoms with van der Waals surface area (Å²) in [6.07, 6.45) is 1.84. The number of nitrogens with zero attached hydrogens (tertiary/aromatic N) is 6. The Morgan fingerprint density at radius 1 is 0.212 bits per heavy atom. The van der Waals surface area contributed by atoms with Crippen LogP contribution in [-0.2, 0) is 0 Å². The summed E-state index contributed by atoms with van der Waals surface area (Å²) in [7, 11) is 1.42. The SMILES string of the molecule is CC.CC.CC.CC.CC.CC.CC.N#Cc1ccc(-c2ccccc2)cc1.[C-]#[N+]C.c1ccc(-c2cccc(-c3ccccc3)c2)cc1.c1ccc(-c2cccc3cccnc23)cc1.c1ccc(-c2ccccc2)cc1.c1ccc(-c2nc(-c3ccccc3)nc(-c3ccccc3)n2)cc1.c1ccc(C(=C(c2ccccc2)c2ccccc2)c2ccccc2)cc1.c1ccc2ccccc2c1. The fourth-order valence-electron chi connectivity index (χ4n) is 13.7. The van der Waals surface area contributed by atoms with Gasteiger partial charge in [0.1, 0.15) is 0 Å². The van der Waals surface area contributed by atoms with Gasteiger partial charge in [0.2, 0.25) is 7.05 Å². The van der Waals surface area contributed by atoms with Crippen LogP contribution in [0, 0.1) is 17.9 Å². The molecular formula is C131H132N6. The zero-order valence-electron chi connectivity index (χ0n) is 82.4. The molecule has 686 valence electrons. The van der Waals surface area contributed by atoms with E-state index in [1.807, 2.05) is 273 Å². The Balaban J connectivity index is 0.000000243. The molecule has 0 aliphatic carbocycles. The molecule has 0 spiro atoms. The average Bonchev–Trinajstić information content (AvgIpc) is 0.789. The molecule has 0 aliphatic heterocycles. The fraction of sp³-hybridized carbons (Fsp3) is 0.115. The minimum atomic E-state index is 0.684. The van der Waals surface area contributed by atoms with Crippen LogP contribution in [0.1, 0.15) is 125 Å². The molecule has 18 aromatic carbocycles. The van der Waals surface area contributed by atoms with Crippen molar-refractivity contribution >= 4 is 32.8 Å². The maximum Gasteiger partial charge on any atom is 0.205 e. The zero-order chi connectivity index (χ0) is 98.3. The Morgan fingerprint density at radius 2 is 0.409 bits per heavy atom. The highest BCUT2D eigenvalue weighted by Gasteiger charge is 2.17. The Kier molecular flexibility index (Phi) is 53.8. The lowest BCUT2D eigenvalue weighted by molar-refractivity contribution is 1.07. The van der Waals surface area contributed by atoms with Crippen molar-refractivity contribution in [2.45, 2.75) is 96.9 Å². The zero-order valence-corrected chi connectivity index (χ0v) is 82.4. The van der Waals surface area contributed by atoms with E-state index in [9.17, 15) is 0 Å². The van der Waals surface area contributed by atoms with E-state index >= 15 is 0 Å². The number of hydrogen-bond acceptors (Lipinski definition) is 5. The Hall–Kier alpha value is -16.6. The molecule has 0 saturated carbocycles. The third-order valence-corrected chi connectivity index (χ3v) is 19.7. The number of aromatic nitrogens is 4. The van der Waals surface area contributed by atoms with Gasteiger partial charge in [-0.05, 0) is 119 Å². The molecule has 20 rings (SSSR count). The van der Waals surface area contributed by atoms with Crippen LogP contribution in [0.25, 0.3) is 127 Å². The lowest BCUT2D eigenvalue weighted by atomic mass is 9.86. The molecule has 0 atom stereocenters. The van der Waals surface area contributed by atoms with Gasteiger partial charge < -0.3 is 4.85 Å². The van der Waals surface area contributed by atoms with E-state index < -0.39 is 0 Å². The second kappa shape index (κ2) is 67.5. The minimum absolute atomic E-state index is 0.684. The molecule has 0 radical (unpaired) electrons. The van der Waals surface area contributed by atoms with E-state index in [2.05, 4.69) is 383 Å². The number of benzene rings is 18. The number of para-hydroxylation sites is 1. The van der Waals surface area contributed by atoms with Crippen LogP contribution in [0.2, 0.25) is 0 Å². The molecule has 6 nitrogen and oxygen atoms in total. The van der Waals surface area contributed by atoms with Crippen LogP contribution in [0.4, 0.5) is 0 Å². The molecule has 0 N–H and O–H groups in total. The predicted molar refractivity (Wildman–Crippen MR) is 596 cm³/mol. The first kappa shape index (κ1) is 109. The van der Waals surface area contributed by atoms with E-state index in [1.54, 1.807) is 0 Å². The lowest BCUT2D eigenvalue weighted by Crippen LogP contribution is -1.99. The standard InChI is InChI=1S/C26H20.C21H15N3.C18H14.C15H11N.C13H9N.C12H10.C10H8.C2H3N.7C2H6/c1-5-13-21(14-6-1)25(22-15-7-2-8-16-22)26(23-17-9-3-10-18-23)24-19-11-4-12-20-24;1-4-10-16(11-5-1)19-22-20(17-12-6-2-7-13-17)24-21(23-19)18-14-8-3-9-15-18;1-3-8-15(9-4-1)17-12-7-13-18(14-17)16-10-5-2-6-11-16;1-2-6-12(7-3-1)14-10-4-8-13-9-5-11-16-15(13)14;14-10-11-6-8-13(9-7-11)12-4-2-1-3-5-12;1-3-7-11(8-4-1)12-9-5-2-6-10-12;1-2-6-10-8-4-3-7-9(10)5-1;1-3-2;7*1-2/h1-20H;1-15H;1-14H;1-11H;1-9H;1-10H;1-8H;1H3;7*1-2H3. The van der Waals surface area contributed by atoms with E-state index in [4.69, 9.17) is 11.8 Å². The molecule has 0 unspecified atom stereocenters. The predicted octanol–water partition coefficient (Wildman–Crippen LogP) is 37.6. The summed E-state index contributed by atoms with van der Waals surface area (Å²) in [5, 5.41) is 12.5. The van der Waals surface area contributed by atoms with Crippen molar-refractivity contribution in [2.24, 2.45) is 0 Å². The maximum atomic E-state index is 8.65. The van der Waals surface area contributed by atoms with Gasteiger partial charge in [0.25, 0.3) is 0 Å². The van der Waals surface area contributed by atoms with Crippen LogP contribution in [0.15, 0.2) is 528 Å². The van der Waals surface area contributed by atoms with Gasteiger partial charge in [-0.15, -0.1) is 0 Å². The summed E-state index contributed by atoms with van der Waals surface area (Å²) < 4.78 is 0. The van der Waals surface area contributed by atoms with Crippen molar-refractivity contribution in [3.8, 4) is 95.9 Å². The van der Waals surface area contributed by atoms with Crippen LogP contribution in [-0.4, -0.2) is 27.0 Å². The maximum absolute atomic E-state index is 8.65. The Labute approximate surface area is 819 Å². The Bertz CT molecular complexity index is 6140. The van der Waals surface area contributed by atoms with Gasteiger partial charge in [0.15, 0.2) is 17.5 Å². The second-order valence-electron chi connectivity index (χ2n) is 28.0. The number of nitriles is 1. The highest BCUT2D eigenvalue weighted by Crippen LogP contribution is 2.38. The molecule has 0 saturated heterocycles. The van der Waals surface area contributed by atoms with E-state index in [1.165, 1.54) is 107 Å². The van der Waals surface area contributed by atoms with Crippen LogP contribution < -0.4 is 0 Å². The van der Waals surface area contributed by atoms with Crippen LogP contribution in [0.5, 0.6) is 0 Å². The van der Waals surface area contributed by atoms with Crippen LogP contribution >= 0.6 is 0 Å². The van der Waals surface area contributed by atoms with E-state index in [0.29, 0.717) is 23.0 Å². The molecule has 0 aliphatic rings. The van der Waals surface area contributed by atoms with Gasteiger partial charge in [-0.1, -0.05) is 594 Å². The smallest absolute Gasteiger partial charge is 0.205 e. The first-order valence-electron chi connectivity index (χ1n) is 47.8. The quantitative estimate of drug-likeness (QED) is 0.0899. The number of pyridine rings is 1. The van der Waals surface area contributed by atoms with Crippen molar-refractivity contribution in [3.63, 3.8) is 0 Å². The first-order chi connectivity index (χ1) is 68.0. The molecule has 137 heavy (non-hydrogen) atoms. The normalized spacial score (nSPS) is 9.26. The summed E-state index contributed by atoms with van der Waals surface area (Å²) in [5.41, 5.74) is 24.4. The number of hydrogen-bond donors (Lipinski definition) is 0. The summed E-state index contributed by atoms with van der Waals surface area (Å²) >= 11 is 0. The van der Waals surface area contributed by atoms with Gasteiger partial charge in [-0.3, -0.25) is 4.98 Å². The minimum Gasteiger partial charge on any atom is -0.320 e. The van der Waals surface area contributed by atoms with Gasteiger partial charge in [0, 0.05) is 33.8 Å². The largest absolute Gasteiger partial charge is 0.320 e. The van der Waals surface area contributed by atoms with Gasteiger partial charge >= 0.3 is 0 Å². The van der Waals surface area contributed by atoms with Crippen molar-refractivity contribution in [1.82, 2.24) is 19.9 Å². The molecule has 0 fully saturated rings. The van der Waals surface area contributed by atoms with Crippen molar-refractivity contribution in [2.75, 3.05) is 7.05 Å². The summed E-state index contributed by atoms with van der Waals surface area (Å²) in [6.45, 7) is 33.8. The molecular weight excluding hydrogens is 1660 g/mol. The second-order valence-corrected chi connectivity index (χ2v) is 28.0. The molecule has 2 heterocycles. The molecule has 6 heteroatoms. The summed E-state index contributed by atoms with van der Waals surface area (Å²) in [5.74, 6) is 2.05. The molecule has 2 aromatic heterocycles. The lowest BCUT2D eigenvalue weighted by Gasteiger charge is -2.18. The van der Waals surface area contributed by atoms with E-state index in [-0.39, 0.29) is 0 Å². The van der Waals surface area contributed by atoms with Crippen molar-refractivity contribution in [1.29, 1.82) is 5.26 Å². The first-order valence-corrected chi connectivity index (χ1v) is 47.8. The third kappa shape index (κ3) is 36.5. The summed E-state index contributed by atoms with van der Waals surface area (Å²) in [6, 6.07) is 180. The fourth-order valence-corrected chi connectivity index (χ4v) is 13.7. The molecule has 20 aromatic rings. The average molecular weight is 1790 g/mol. The monoisotopic (exact) mass is 1790 g/mol. The molecule has 0 bridgehead atoms. The highest BCUT2D eigenvalue weighted by molar-refractivity contribution is 6.04. The topological polar surface area (TPSA) is 79.7 Å². The third-order valence-electron chi connectivity index (χ3n) is 19.7.